The summed E-state index contributed by atoms with van der Waals surface area (Å²) in [5.74, 6) is 0.625. The number of fused-ring (bicyclic) bond motifs is 1. The molecule has 0 saturated heterocycles. The highest BCUT2D eigenvalue weighted by Crippen LogP contribution is 2.14. The average Bonchev–Trinajstić information content (AvgIpc) is 2.16. The van der Waals surface area contributed by atoms with E-state index in [2.05, 4.69) is 9.97 Å². The summed E-state index contributed by atoms with van der Waals surface area (Å²) in [4.78, 5) is 8.51. The van der Waals surface area contributed by atoms with Gasteiger partial charge in [-0.3, -0.25) is 4.98 Å². The van der Waals surface area contributed by atoms with Crippen molar-refractivity contribution in [1.82, 2.24) is 9.97 Å². The second-order valence-electron chi connectivity index (χ2n) is 2.90. The Morgan fingerprint density at radius 3 is 2.85 bits per heavy atom. The Morgan fingerprint density at radius 1 is 1.23 bits per heavy atom. The van der Waals surface area contributed by atoms with Crippen LogP contribution in [-0.4, -0.2) is 17.1 Å². The van der Waals surface area contributed by atoms with Gasteiger partial charge in [0.15, 0.2) is 0 Å². The van der Waals surface area contributed by atoms with Gasteiger partial charge >= 0.3 is 0 Å². The van der Waals surface area contributed by atoms with E-state index in [1.54, 1.807) is 7.11 Å². The summed E-state index contributed by atoms with van der Waals surface area (Å²) in [6.45, 7) is 1.99. The molecule has 2 aromatic rings. The van der Waals surface area contributed by atoms with Gasteiger partial charge in [-0.15, -0.1) is 0 Å². The minimum Gasteiger partial charge on any atom is -0.481 e. The fraction of sp³-hybridized carbons (Fsp3) is 0.200. The molecule has 13 heavy (non-hydrogen) atoms. The molecule has 0 aliphatic rings. The molecule has 2 heterocycles. The third kappa shape index (κ3) is 1.45. The van der Waals surface area contributed by atoms with Gasteiger partial charge in [0.25, 0.3) is 0 Å². The molecule has 0 aliphatic heterocycles. The van der Waals surface area contributed by atoms with E-state index in [0.717, 1.165) is 16.6 Å². The van der Waals surface area contributed by atoms with E-state index in [1.807, 2.05) is 31.3 Å². The van der Waals surface area contributed by atoms with E-state index in [-0.39, 0.29) is 0 Å². The quantitative estimate of drug-likeness (QED) is 0.662. The van der Waals surface area contributed by atoms with Crippen molar-refractivity contribution < 1.29 is 4.74 Å². The number of ether oxygens (including phenoxy) is 1. The van der Waals surface area contributed by atoms with E-state index in [1.165, 1.54) is 0 Å². The van der Waals surface area contributed by atoms with E-state index in [9.17, 15) is 0 Å². The summed E-state index contributed by atoms with van der Waals surface area (Å²) in [5.41, 5.74) is 2.87. The van der Waals surface area contributed by atoms with Crippen molar-refractivity contribution in [3.8, 4) is 5.88 Å². The molecule has 66 valence electrons. The fourth-order valence-corrected chi connectivity index (χ4v) is 1.20. The molecule has 0 radical (unpaired) electrons. The maximum absolute atomic E-state index is 5.02. The molecule has 0 unspecified atom stereocenters. The second-order valence-corrected chi connectivity index (χ2v) is 2.90. The zero-order valence-corrected chi connectivity index (χ0v) is 7.61. The van der Waals surface area contributed by atoms with Crippen molar-refractivity contribution in [2.75, 3.05) is 7.11 Å². The Morgan fingerprint density at radius 2 is 2.08 bits per heavy atom. The Kier molecular flexibility index (Phi) is 1.85. The molecule has 2 aromatic heterocycles. The third-order valence-corrected chi connectivity index (χ3v) is 1.86. The number of aryl methyl sites for hydroxylation is 1. The molecule has 0 spiro atoms. The number of rotatable bonds is 1. The van der Waals surface area contributed by atoms with Crippen molar-refractivity contribution in [1.29, 1.82) is 0 Å². The van der Waals surface area contributed by atoms with Crippen molar-refractivity contribution in [3.05, 3.63) is 30.0 Å². The van der Waals surface area contributed by atoms with Crippen LogP contribution in [0.4, 0.5) is 0 Å². The van der Waals surface area contributed by atoms with E-state index >= 15 is 0 Å². The van der Waals surface area contributed by atoms with Crippen LogP contribution in [0.5, 0.6) is 5.88 Å². The zero-order chi connectivity index (χ0) is 9.26. The van der Waals surface area contributed by atoms with Gasteiger partial charge in [-0.2, -0.15) is 0 Å². The molecule has 0 amide bonds. The van der Waals surface area contributed by atoms with Crippen LogP contribution >= 0.6 is 0 Å². The number of methoxy groups -OCH3 is 1. The molecule has 3 nitrogen and oxygen atoms in total. The first-order valence-corrected chi connectivity index (χ1v) is 4.07. The maximum Gasteiger partial charge on any atom is 0.213 e. The Hall–Kier alpha value is -1.64. The SMILES string of the molecule is COc1ccc2ncc(C)cc2n1. The Bertz CT molecular complexity index is 440. The first-order valence-electron chi connectivity index (χ1n) is 4.07. The van der Waals surface area contributed by atoms with Crippen LogP contribution in [-0.2, 0) is 0 Å². The van der Waals surface area contributed by atoms with Crippen molar-refractivity contribution in [3.63, 3.8) is 0 Å². The normalized spacial score (nSPS) is 10.3. The van der Waals surface area contributed by atoms with Gasteiger partial charge in [0.1, 0.15) is 0 Å². The van der Waals surface area contributed by atoms with Crippen molar-refractivity contribution in [2.24, 2.45) is 0 Å². The Balaban J connectivity index is 2.68. The summed E-state index contributed by atoms with van der Waals surface area (Å²) in [6, 6.07) is 5.70. The van der Waals surface area contributed by atoms with Gasteiger partial charge in [0, 0.05) is 12.3 Å². The number of hydrogen-bond acceptors (Lipinski definition) is 3. The monoisotopic (exact) mass is 174 g/mol. The van der Waals surface area contributed by atoms with Crippen LogP contribution in [0.25, 0.3) is 11.0 Å². The van der Waals surface area contributed by atoms with Crippen molar-refractivity contribution >= 4 is 11.0 Å². The van der Waals surface area contributed by atoms with Crippen LogP contribution in [0.1, 0.15) is 5.56 Å². The molecule has 0 bridgehead atoms. The van der Waals surface area contributed by atoms with Crippen LogP contribution in [0.3, 0.4) is 0 Å². The second kappa shape index (κ2) is 3.01. The molecular weight excluding hydrogens is 164 g/mol. The molecule has 3 heteroatoms. The number of nitrogens with zero attached hydrogens (tertiary/aromatic N) is 2. The predicted octanol–water partition coefficient (Wildman–Crippen LogP) is 1.95. The largest absolute Gasteiger partial charge is 0.481 e. The molecule has 0 N–H and O–H groups in total. The minimum absolute atomic E-state index is 0.625. The predicted molar refractivity (Wildman–Crippen MR) is 50.8 cm³/mol. The van der Waals surface area contributed by atoms with Gasteiger partial charge in [0.2, 0.25) is 5.88 Å². The lowest BCUT2D eigenvalue weighted by Crippen LogP contribution is -1.89. The number of pyridine rings is 2. The number of aromatic nitrogens is 2. The Labute approximate surface area is 76.4 Å². The highest BCUT2D eigenvalue weighted by Gasteiger charge is 1.98. The summed E-state index contributed by atoms with van der Waals surface area (Å²) < 4.78 is 5.02. The van der Waals surface area contributed by atoms with E-state index in [4.69, 9.17) is 4.74 Å². The van der Waals surface area contributed by atoms with Gasteiger partial charge in [-0.25, -0.2) is 4.98 Å². The standard InChI is InChI=1S/C10H10N2O/c1-7-5-9-8(11-6-7)3-4-10(12-9)13-2/h3-6H,1-2H3. The highest BCUT2D eigenvalue weighted by molar-refractivity contribution is 5.74. The lowest BCUT2D eigenvalue weighted by molar-refractivity contribution is 0.399. The molecule has 0 saturated carbocycles. The molecule has 0 aromatic carbocycles. The van der Waals surface area contributed by atoms with E-state index < -0.39 is 0 Å². The minimum atomic E-state index is 0.625. The van der Waals surface area contributed by atoms with E-state index in [0.29, 0.717) is 5.88 Å². The van der Waals surface area contributed by atoms with Crippen LogP contribution in [0, 0.1) is 6.92 Å². The van der Waals surface area contributed by atoms with Crippen LogP contribution in [0.2, 0.25) is 0 Å². The van der Waals surface area contributed by atoms with Crippen LogP contribution in [0.15, 0.2) is 24.4 Å². The zero-order valence-electron chi connectivity index (χ0n) is 7.61. The summed E-state index contributed by atoms with van der Waals surface area (Å²) in [7, 11) is 1.61. The average molecular weight is 174 g/mol. The van der Waals surface area contributed by atoms with Gasteiger partial charge in [-0.1, -0.05) is 0 Å². The smallest absolute Gasteiger partial charge is 0.213 e. The summed E-state index contributed by atoms with van der Waals surface area (Å²) in [6.07, 6.45) is 1.83. The van der Waals surface area contributed by atoms with Gasteiger partial charge in [0.05, 0.1) is 18.1 Å². The first kappa shape index (κ1) is 7.98. The molecule has 0 fully saturated rings. The molecule has 0 atom stereocenters. The van der Waals surface area contributed by atoms with Crippen LogP contribution < -0.4 is 4.74 Å². The molecule has 0 aliphatic carbocycles. The van der Waals surface area contributed by atoms with Gasteiger partial charge in [-0.05, 0) is 24.6 Å². The highest BCUT2D eigenvalue weighted by atomic mass is 16.5. The fourth-order valence-electron chi connectivity index (χ4n) is 1.20. The molecular formula is C10H10N2O. The molecule has 2 rings (SSSR count). The van der Waals surface area contributed by atoms with Crippen molar-refractivity contribution in [2.45, 2.75) is 6.92 Å². The lowest BCUT2D eigenvalue weighted by Gasteiger charge is -2.00. The van der Waals surface area contributed by atoms with Gasteiger partial charge < -0.3 is 4.74 Å². The summed E-state index contributed by atoms with van der Waals surface area (Å²) >= 11 is 0. The lowest BCUT2D eigenvalue weighted by atomic mass is 10.2. The third-order valence-electron chi connectivity index (χ3n) is 1.86. The first-order chi connectivity index (χ1) is 6.29. The topological polar surface area (TPSA) is 35.0 Å². The number of hydrogen-bond donors (Lipinski definition) is 0. The summed E-state index contributed by atoms with van der Waals surface area (Å²) in [5, 5.41) is 0. The maximum atomic E-state index is 5.02.